The SMILES string of the molecule is C=c1ccc(=C)n1CC(=O)NCCOCCOCCOCCOCCOCCOCCOCCOCCOCCOCCNC(=O)NCCON(CCC)C(=O)C1=Cc2ccncc2N=C(N)C1. The molecule has 382 valence electrons. The van der Waals surface area contributed by atoms with Gasteiger partial charge in [0.1, 0.15) is 12.4 Å². The number of nitrogens with two attached hydrogens (primary N) is 1. The van der Waals surface area contributed by atoms with E-state index in [1.807, 2.05) is 19.1 Å². The van der Waals surface area contributed by atoms with Crippen molar-refractivity contribution in [3.8, 4) is 0 Å². The summed E-state index contributed by atoms with van der Waals surface area (Å²) in [5, 5.41) is 11.0. The molecular weight excluding hydrogens is 889 g/mol. The number of aromatic nitrogens is 2. The van der Waals surface area contributed by atoms with Gasteiger partial charge in [-0.05, 0) is 30.7 Å². The number of urea groups is 1. The molecule has 3 heterocycles. The van der Waals surface area contributed by atoms with Crippen molar-refractivity contribution in [3.05, 3.63) is 52.4 Å². The minimum Gasteiger partial charge on any atom is -0.387 e. The maximum Gasteiger partial charge on any atom is 0.314 e. The highest BCUT2D eigenvalue weighted by atomic mass is 16.7. The van der Waals surface area contributed by atoms with Crippen molar-refractivity contribution in [2.75, 3.05) is 165 Å². The summed E-state index contributed by atoms with van der Waals surface area (Å²) in [5.74, 6) is -0.110. The summed E-state index contributed by atoms with van der Waals surface area (Å²) in [4.78, 5) is 51.6. The molecule has 0 fully saturated rings. The largest absolute Gasteiger partial charge is 0.387 e. The van der Waals surface area contributed by atoms with Gasteiger partial charge in [0.2, 0.25) is 5.91 Å². The summed E-state index contributed by atoms with van der Waals surface area (Å²) in [6.07, 6.45) is 5.85. The van der Waals surface area contributed by atoms with Gasteiger partial charge >= 0.3 is 6.03 Å². The first kappa shape index (κ1) is 57.5. The minimum atomic E-state index is -0.373. The van der Waals surface area contributed by atoms with Crippen LogP contribution in [-0.4, -0.2) is 203 Å². The lowest BCUT2D eigenvalue weighted by atomic mass is 10.1. The molecule has 0 atom stereocenters. The first-order chi connectivity index (χ1) is 33.3. The van der Waals surface area contributed by atoms with Crippen molar-refractivity contribution in [1.82, 2.24) is 30.6 Å². The summed E-state index contributed by atoms with van der Waals surface area (Å²) >= 11 is 0. The normalized spacial score (nSPS) is 12.2. The lowest BCUT2D eigenvalue weighted by Crippen LogP contribution is -2.41. The molecule has 5 N–H and O–H groups in total. The van der Waals surface area contributed by atoms with E-state index in [1.54, 1.807) is 29.1 Å². The highest BCUT2D eigenvalue weighted by Crippen LogP contribution is 2.26. The Hall–Kier alpha value is -4.85. The minimum absolute atomic E-state index is 0.101. The molecule has 0 radical (unpaired) electrons. The van der Waals surface area contributed by atoms with Gasteiger partial charge in [0.15, 0.2) is 0 Å². The van der Waals surface area contributed by atoms with Crippen molar-refractivity contribution in [3.63, 3.8) is 0 Å². The summed E-state index contributed by atoms with van der Waals surface area (Å²) in [7, 11) is 0. The molecule has 0 bridgehead atoms. The van der Waals surface area contributed by atoms with Gasteiger partial charge in [-0.15, -0.1) is 0 Å². The molecule has 1 aliphatic rings. The standard InChI is InChI=1S/C46H74N8O14/c1-4-12-54(45(56)41-34-40-7-8-48-36-42(40)52-43(47)35-41)68-15-11-51-46(57)50-10-14-59-17-19-61-21-23-63-25-27-65-29-31-67-33-32-66-30-28-64-26-24-62-22-20-60-18-16-58-13-9-49-44(55)37-53-38(2)5-6-39(53)3/h5-8,34,36H,2-4,9-33,35,37H2,1H3,(H2,47,52)(H,49,55)(H2,50,51,57). The number of hydrogen-bond acceptors (Lipinski definition) is 17. The predicted octanol–water partition coefficient (Wildman–Crippen LogP) is -0.0687. The van der Waals surface area contributed by atoms with Gasteiger partial charge in [0.25, 0.3) is 5.91 Å². The fraction of sp³-hybridized carbons (Fsp3) is 0.630. The van der Waals surface area contributed by atoms with Crippen LogP contribution in [0.15, 0.2) is 41.2 Å². The molecule has 0 unspecified atom stereocenters. The van der Waals surface area contributed by atoms with Gasteiger partial charge in [-0.2, -0.15) is 0 Å². The van der Waals surface area contributed by atoms with Crippen LogP contribution in [0.1, 0.15) is 25.3 Å². The maximum absolute atomic E-state index is 13.3. The van der Waals surface area contributed by atoms with Crippen molar-refractivity contribution in [1.29, 1.82) is 0 Å². The Kier molecular flexibility index (Phi) is 32.2. The lowest BCUT2D eigenvalue weighted by molar-refractivity contribution is -0.181. The fourth-order valence-corrected chi connectivity index (χ4v) is 5.89. The summed E-state index contributed by atoms with van der Waals surface area (Å²) in [6.45, 7) is 20.0. The van der Waals surface area contributed by atoms with Crippen LogP contribution in [0.4, 0.5) is 10.5 Å². The number of amidine groups is 1. The van der Waals surface area contributed by atoms with E-state index in [2.05, 4.69) is 39.1 Å². The van der Waals surface area contributed by atoms with Crippen LogP contribution in [-0.2, 0) is 68.3 Å². The zero-order valence-electron chi connectivity index (χ0n) is 39.8. The molecule has 0 spiro atoms. The zero-order chi connectivity index (χ0) is 48.7. The lowest BCUT2D eigenvalue weighted by Gasteiger charge is -2.22. The molecule has 2 aromatic rings. The molecule has 0 saturated carbocycles. The molecule has 2 aromatic heterocycles. The zero-order valence-corrected chi connectivity index (χ0v) is 39.8. The summed E-state index contributed by atoms with van der Waals surface area (Å²) < 4.78 is 56.7. The number of nitrogens with one attached hydrogen (secondary N) is 3. The average Bonchev–Trinajstić information content (AvgIpc) is 3.53. The second-order valence-corrected chi connectivity index (χ2v) is 14.7. The van der Waals surface area contributed by atoms with E-state index in [9.17, 15) is 14.4 Å². The number of pyridine rings is 1. The quantitative estimate of drug-likeness (QED) is 0.0503. The number of rotatable bonds is 42. The topological polar surface area (TPSA) is 248 Å². The van der Waals surface area contributed by atoms with Crippen LogP contribution in [0, 0.1) is 0 Å². The van der Waals surface area contributed by atoms with Gasteiger partial charge in [-0.25, -0.2) is 14.9 Å². The molecule has 0 aliphatic carbocycles. The highest BCUT2D eigenvalue weighted by molar-refractivity contribution is 6.05. The Morgan fingerprint density at radius 1 is 0.632 bits per heavy atom. The van der Waals surface area contributed by atoms with Crippen LogP contribution >= 0.6 is 0 Å². The van der Waals surface area contributed by atoms with Crippen LogP contribution in [0.25, 0.3) is 19.2 Å². The van der Waals surface area contributed by atoms with Crippen molar-refractivity contribution < 1.29 is 66.6 Å². The van der Waals surface area contributed by atoms with Crippen molar-refractivity contribution in [2.24, 2.45) is 10.7 Å². The Morgan fingerprint density at radius 2 is 1.06 bits per heavy atom. The second kappa shape index (κ2) is 38.1. The molecular formula is C46H74N8O14. The van der Waals surface area contributed by atoms with Crippen molar-refractivity contribution in [2.45, 2.75) is 26.3 Å². The average molecular weight is 963 g/mol. The van der Waals surface area contributed by atoms with Crippen LogP contribution < -0.4 is 32.4 Å². The number of carbonyl (C=O) groups excluding carboxylic acids is 3. The third kappa shape index (κ3) is 27.2. The highest BCUT2D eigenvalue weighted by Gasteiger charge is 2.22. The predicted molar refractivity (Wildman–Crippen MR) is 253 cm³/mol. The summed E-state index contributed by atoms with van der Waals surface area (Å²) in [6, 6.07) is 5.05. The molecule has 3 rings (SSSR count). The Labute approximate surface area is 399 Å². The van der Waals surface area contributed by atoms with E-state index in [0.29, 0.717) is 175 Å². The van der Waals surface area contributed by atoms with Crippen LogP contribution in [0.2, 0.25) is 0 Å². The van der Waals surface area contributed by atoms with E-state index < -0.39 is 0 Å². The number of ether oxygens (including phenoxy) is 10. The molecule has 4 amide bonds. The number of aliphatic imine (C=N–C) groups is 1. The number of hydroxylamine groups is 2. The molecule has 68 heavy (non-hydrogen) atoms. The van der Waals surface area contributed by atoms with Gasteiger partial charge in [0, 0.05) is 60.6 Å². The van der Waals surface area contributed by atoms with E-state index in [0.717, 1.165) is 16.3 Å². The smallest absolute Gasteiger partial charge is 0.314 e. The Bertz CT molecular complexity index is 1820. The monoisotopic (exact) mass is 963 g/mol. The first-order valence-electron chi connectivity index (χ1n) is 23.1. The Morgan fingerprint density at radius 3 is 1.51 bits per heavy atom. The number of amides is 4. The number of fused-ring (bicyclic) bond motifs is 1. The van der Waals surface area contributed by atoms with Gasteiger partial charge in [0.05, 0.1) is 151 Å². The van der Waals surface area contributed by atoms with E-state index in [4.69, 9.17) is 57.9 Å². The molecule has 0 aromatic carbocycles. The van der Waals surface area contributed by atoms with E-state index in [-0.39, 0.29) is 44.0 Å². The molecule has 0 saturated heterocycles. The number of carbonyl (C=O) groups is 3. The van der Waals surface area contributed by atoms with Gasteiger partial charge < -0.3 is 73.6 Å². The van der Waals surface area contributed by atoms with E-state index in [1.165, 1.54) is 5.06 Å². The third-order valence-electron chi connectivity index (χ3n) is 9.27. The van der Waals surface area contributed by atoms with Crippen LogP contribution in [0.5, 0.6) is 0 Å². The maximum atomic E-state index is 13.3. The molecule has 1 aliphatic heterocycles. The third-order valence-corrected chi connectivity index (χ3v) is 9.27. The van der Waals surface area contributed by atoms with E-state index >= 15 is 0 Å². The Balaban J connectivity index is 0.961. The van der Waals surface area contributed by atoms with Gasteiger partial charge in [-0.3, -0.25) is 19.4 Å². The molecule has 22 nitrogen and oxygen atoms in total. The van der Waals surface area contributed by atoms with Crippen LogP contribution in [0.3, 0.4) is 0 Å². The fourth-order valence-electron chi connectivity index (χ4n) is 5.89. The molecule has 22 heteroatoms. The second-order valence-electron chi connectivity index (χ2n) is 14.7. The van der Waals surface area contributed by atoms with Gasteiger partial charge in [-0.1, -0.05) is 20.1 Å². The summed E-state index contributed by atoms with van der Waals surface area (Å²) in [5.41, 5.74) is 7.85. The van der Waals surface area contributed by atoms with Crippen molar-refractivity contribution >= 4 is 48.6 Å². The number of hydrogen-bond donors (Lipinski definition) is 4. The first-order valence-corrected chi connectivity index (χ1v) is 23.1. The number of nitrogens with zero attached hydrogens (tertiary/aromatic N) is 4.